The normalized spacial score (nSPS) is 15.7. The van der Waals surface area contributed by atoms with Crippen molar-refractivity contribution in [3.05, 3.63) is 36.0 Å². The van der Waals surface area contributed by atoms with E-state index in [0.29, 0.717) is 5.57 Å². The van der Waals surface area contributed by atoms with Gasteiger partial charge in [-0.05, 0) is 50.3 Å². The van der Waals surface area contributed by atoms with Gasteiger partial charge in [0.1, 0.15) is 17.9 Å². The quantitative estimate of drug-likeness (QED) is 0.191. The smallest absolute Gasteiger partial charge is 0.289 e. The molecule has 1 saturated carbocycles. The third-order valence-electron chi connectivity index (χ3n) is 6.52. The summed E-state index contributed by atoms with van der Waals surface area (Å²) in [7, 11) is 0. The van der Waals surface area contributed by atoms with Gasteiger partial charge in [0.05, 0.1) is 6.04 Å². The van der Waals surface area contributed by atoms with Gasteiger partial charge in [-0.3, -0.25) is 28.8 Å². The predicted molar refractivity (Wildman–Crippen MR) is 149 cm³/mol. The number of amides is 5. The first kappa shape index (κ1) is 32.1. The number of aromatic nitrogens is 1. The van der Waals surface area contributed by atoms with Gasteiger partial charge in [0.25, 0.3) is 11.8 Å². The van der Waals surface area contributed by atoms with E-state index in [2.05, 4.69) is 38.1 Å². The number of Topliss-reactive ketones (excluding diaryl/α,β-unsaturated/α-hetero) is 1. The Bertz CT molecular complexity index is 1140. The fraction of sp³-hybridized carbons (Fsp3) is 0.536. The van der Waals surface area contributed by atoms with Crippen LogP contribution in [0.2, 0.25) is 0 Å². The number of carbonyl (C=O) groups excluding carboxylic acids is 6. The highest BCUT2D eigenvalue weighted by Gasteiger charge is 2.33. The lowest BCUT2D eigenvalue weighted by Gasteiger charge is -2.26. The zero-order valence-electron chi connectivity index (χ0n) is 23.8. The molecule has 40 heavy (non-hydrogen) atoms. The summed E-state index contributed by atoms with van der Waals surface area (Å²) in [6.45, 7) is 11.5. The van der Waals surface area contributed by atoms with Crippen LogP contribution in [0.3, 0.4) is 0 Å². The number of hydrogen-bond acceptors (Lipinski definition) is 7. The maximum atomic E-state index is 13.0. The number of ketones is 1. The maximum absolute atomic E-state index is 13.0. The SMILES string of the molecule is C=C(C)[C@H](NC(=O)c1ccnc(NC(C)=O)c1)C(=O)N[C@@H](C)C(=O)N[C@H](C(=O)C(=O)NC1CCCCC1)C(C)C. The van der Waals surface area contributed by atoms with Crippen molar-refractivity contribution in [1.29, 1.82) is 0 Å². The van der Waals surface area contributed by atoms with Gasteiger partial charge in [0.2, 0.25) is 23.5 Å². The van der Waals surface area contributed by atoms with Crippen LogP contribution in [-0.2, 0) is 24.0 Å². The molecule has 1 aromatic rings. The first-order valence-electron chi connectivity index (χ1n) is 13.5. The first-order chi connectivity index (χ1) is 18.8. The summed E-state index contributed by atoms with van der Waals surface area (Å²) in [6.07, 6.45) is 6.07. The number of pyridine rings is 1. The average Bonchev–Trinajstić information content (AvgIpc) is 2.89. The van der Waals surface area contributed by atoms with Crippen molar-refractivity contribution < 1.29 is 28.8 Å². The molecule has 12 nitrogen and oxygen atoms in total. The van der Waals surface area contributed by atoms with E-state index in [1.807, 2.05) is 0 Å². The van der Waals surface area contributed by atoms with Crippen molar-refractivity contribution in [3.8, 4) is 0 Å². The Kier molecular flexibility index (Phi) is 12.0. The van der Waals surface area contributed by atoms with E-state index >= 15 is 0 Å². The summed E-state index contributed by atoms with van der Waals surface area (Å²) in [5.41, 5.74) is 0.456. The van der Waals surface area contributed by atoms with E-state index in [4.69, 9.17) is 0 Å². The Labute approximate surface area is 234 Å². The second-order valence-corrected chi connectivity index (χ2v) is 10.5. The third kappa shape index (κ3) is 9.58. The Hall–Kier alpha value is -4.09. The molecule has 1 aliphatic carbocycles. The second-order valence-electron chi connectivity index (χ2n) is 10.5. The van der Waals surface area contributed by atoms with Gasteiger partial charge < -0.3 is 26.6 Å². The number of hydrogen-bond donors (Lipinski definition) is 5. The predicted octanol–water partition coefficient (Wildman–Crippen LogP) is 1.38. The van der Waals surface area contributed by atoms with Crippen LogP contribution < -0.4 is 26.6 Å². The highest BCUT2D eigenvalue weighted by atomic mass is 16.2. The van der Waals surface area contributed by atoms with Crippen LogP contribution in [0.4, 0.5) is 5.82 Å². The number of nitrogens with one attached hydrogen (secondary N) is 5. The number of rotatable bonds is 12. The van der Waals surface area contributed by atoms with Gasteiger partial charge in [-0.2, -0.15) is 0 Å². The van der Waals surface area contributed by atoms with Crippen molar-refractivity contribution >= 4 is 41.1 Å². The van der Waals surface area contributed by atoms with E-state index < -0.39 is 47.5 Å². The summed E-state index contributed by atoms with van der Waals surface area (Å²) in [6, 6.07) is -0.620. The molecule has 1 heterocycles. The first-order valence-corrected chi connectivity index (χ1v) is 13.5. The minimum Gasteiger partial charge on any atom is -0.347 e. The highest BCUT2D eigenvalue weighted by molar-refractivity contribution is 6.38. The van der Waals surface area contributed by atoms with Crippen LogP contribution in [0.25, 0.3) is 0 Å². The maximum Gasteiger partial charge on any atom is 0.289 e. The van der Waals surface area contributed by atoms with E-state index in [1.54, 1.807) is 20.8 Å². The molecule has 12 heteroatoms. The molecule has 2 rings (SSSR count). The second kappa shape index (κ2) is 14.9. The largest absolute Gasteiger partial charge is 0.347 e. The molecule has 1 aromatic heterocycles. The van der Waals surface area contributed by atoms with Gasteiger partial charge in [-0.15, -0.1) is 0 Å². The molecule has 0 aromatic carbocycles. The van der Waals surface area contributed by atoms with Crippen molar-refractivity contribution in [2.24, 2.45) is 5.92 Å². The lowest BCUT2D eigenvalue weighted by Crippen LogP contribution is -2.57. The van der Waals surface area contributed by atoms with E-state index in [-0.39, 0.29) is 29.2 Å². The molecule has 0 aliphatic heterocycles. The number of nitrogens with zero attached hydrogens (tertiary/aromatic N) is 1. The van der Waals surface area contributed by atoms with Crippen LogP contribution in [0.5, 0.6) is 0 Å². The van der Waals surface area contributed by atoms with Crippen molar-refractivity contribution in [2.45, 2.75) is 90.9 Å². The van der Waals surface area contributed by atoms with Crippen molar-refractivity contribution in [1.82, 2.24) is 26.3 Å². The lowest BCUT2D eigenvalue weighted by atomic mass is 9.94. The van der Waals surface area contributed by atoms with Crippen LogP contribution >= 0.6 is 0 Å². The van der Waals surface area contributed by atoms with Gasteiger partial charge in [-0.1, -0.05) is 39.7 Å². The summed E-state index contributed by atoms with van der Waals surface area (Å²) in [4.78, 5) is 79.4. The fourth-order valence-electron chi connectivity index (χ4n) is 4.27. The van der Waals surface area contributed by atoms with E-state index in [9.17, 15) is 28.8 Å². The molecule has 218 valence electrons. The van der Waals surface area contributed by atoms with Gasteiger partial charge in [0, 0.05) is 24.7 Å². The molecule has 0 unspecified atom stereocenters. The fourth-order valence-corrected chi connectivity index (χ4v) is 4.27. The Morgan fingerprint density at radius 3 is 2.15 bits per heavy atom. The molecular weight excluding hydrogens is 516 g/mol. The standard InChI is InChI=1S/C28H40N6O6/c1-15(2)22(24(36)28(40)32-20-10-8-7-9-11-20)33-25(37)17(5)30-27(39)23(16(3)4)34-26(38)19-12-13-29-21(14-19)31-18(6)35/h12-15,17,20,22-23H,3,7-11H2,1-2,4-6H3,(H,30,39)(H,32,40)(H,33,37)(H,34,38)(H,29,31,35)/t17-,22-,23-/m0/s1. The minimum atomic E-state index is -1.18. The van der Waals surface area contributed by atoms with Crippen molar-refractivity contribution in [2.75, 3.05) is 5.32 Å². The number of carbonyl (C=O) groups is 6. The number of anilines is 1. The monoisotopic (exact) mass is 556 g/mol. The highest BCUT2D eigenvalue weighted by Crippen LogP contribution is 2.17. The molecule has 0 radical (unpaired) electrons. The summed E-state index contributed by atoms with van der Waals surface area (Å²) >= 11 is 0. The van der Waals surface area contributed by atoms with Crippen LogP contribution in [0.1, 0.15) is 77.1 Å². The topological polar surface area (TPSA) is 175 Å². The zero-order valence-corrected chi connectivity index (χ0v) is 23.8. The Balaban J connectivity index is 2.01. The molecule has 0 spiro atoms. The van der Waals surface area contributed by atoms with Crippen molar-refractivity contribution in [3.63, 3.8) is 0 Å². The lowest BCUT2D eigenvalue weighted by molar-refractivity contribution is -0.141. The summed E-state index contributed by atoms with van der Waals surface area (Å²) in [5, 5.41) is 12.9. The average molecular weight is 557 g/mol. The summed E-state index contributed by atoms with van der Waals surface area (Å²) < 4.78 is 0. The molecule has 0 saturated heterocycles. The molecule has 1 aliphatic rings. The molecule has 5 amide bonds. The molecule has 0 bridgehead atoms. The summed E-state index contributed by atoms with van der Waals surface area (Å²) in [5.74, 6) is -4.01. The zero-order chi connectivity index (χ0) is 30.0. The van der Waals surface area contributed by atoms with Crippen LogP contribution in [0.15, 0.2) is 30.5 Å². The molecular formula is C28H40N6O6. The van der Waals surface area contributed by atoms with Gasteiger partial charge in [0.15, 0.2) is 0 Å². The molecule has 5 N–H and O–H groups in total. The third-order valence-corrected chi connectivity index (χ3v) is 6.52. The van der Waals surface area contributed by atoms with E-state index in [1.165, 1.54) is 32.2 Å². The van der Waals surface area contributed by atoms with Crippen LogP contribution in [-0.4, -0.2) is 64.5 Å². The van der Waals surface area contributed by atoms with Gasteiger partial charge in [-0.25, -0.2) is 4.98 Å². The van der Waals surface area contributed by atoms with Crippen LogP contribution in [0, 0.1) is 5.92 Å². The Morgan fingerprint density at radius 2 is 1.57 bits per heavy atom. The van der Waals surface area contributed by atoms with Gasteiger partial charge >= 0.3 is 0 Å². The minimum absolute atomic E-state index is 0.0506. The molecule has 3 atom stereocenters. The molecule has 1 fully saturated rings. The Morgan fingerprint density at radius 1 is 0.925 bits per heavy atom. The van der Waals surface area contributed by atoms with E-state index in [0.717, 1.165) is 32.1 Å².